The maximum absolute atomic E-state index is 11.9. The molecule has 0 amide bonds. The summed E-state index contributed by atoms with van der Waals surface area (Å²) >= 11 is 0. The Hall–Kier alpha value is -0.920. The third kappa shape index (κ3) is 3.79. The van der Waals surface area contributed by atoms with Crippen molar-refractivity contribution in [3.05, 3.63) is 12.0 Å². The van der Waals surface area contributed by atoms with Gasteiger partial charge in [0.15, 0.2) is 5.03 Å². The SMILES string of the molecule is CCC(CC)C(O)CNS(=O)(=O)c1cnc(C)[nH]1. The molecular formula is C11H21N3O3S. The van der Waals surface area contributed by atoms with Gasteiger partial charge >= 0.3 is 0 Å². The Kier molecular flexibility index (Phi) is 5.30. The van der Waals surface area contributed by atoms with Crippen LogP contribution in [0.3, 0.4) is 0 Å². The van der Waals surface area contributed by atoms with Gasteiger partial charge in [-0.25, -0.2) is 18.1 Å². The normalized spacial score (nSPS) is 14.1. The molecule has 1 rings (SSSR count). The van der Waals surface area contributed by atoms with Gasteiger partial charge in [-0.1, -0.05) is 26.7 Å². The molecule has 0 fully saturated rings. The van der Waals surface area contributed by atoms with Crippen molar-refractivity contribution in [3.8, 4) is 0 Å². The maximum atomic E-state index is 11.9. The van der Waals surface area contributed by atoms with Crippen molar-refractivity contribution >= 4 is 10.0 Å². The lowest BCUT2D eigenvalue weighted by Gasteiger charge is -2.20. The quantitative estimate of drug-likeness (QED) is 0.685. The zero-order valence-electron chi connectivity index (χ0n) is 11.0. The number of aryl methyl sites for hydroxylation is 1. The number of aromatic amines is 1. The highest BCUT2D eigenvalue weighted by Gasteiger charge is 2.21. The van der Waals surface area contributed by atoms with Gasteiger partial charge in [0.1, 0.15) is 5.82 Å². The van der Waals surface area contributed by atoms with E-state index in [1.165, 1.54) is 6.20 Å². The molecule has 1 atom stereocenters. The van der Waals surface area contributed by atoms with Crippen molar-refractivity contribution in [1.29, 1.82) is 0 Å². The van der Waals surface area contributed by atoms with E-state index in [9.17, 15) is 13.5 Å². The fraction of sp³-hybridized carbons (Fsp3) is 0.727. The molecule has 0 aromatic carbocycles. The van der Waals surface area contributed by atoms with E-state index in [1.54, 1.807) is 6.92 Å². The Balaban J connectivity index is 2.62. The van der Waals surface area contributed by atoms with Crippen molar-refractivity contribution in [2.24, 2.45) is 5.92 Å². The van der Waals surface area contributed by atoms with Crippen LogP contribution >= 0.6 is 0 Å². The van der Waals surface area contributed by atoms with E-state index >= 15 is 0 Å². The standard InChI is InChI=1S/C11H21N3O3S/c1-4-9(5-2)10(15)6-13-18(16,17)11-7-12-8(3)14-11/h7,9-10,13,15H,4-6H2,1-3H3,(H,12,14). The zero-order chi connectivity index (χ0) is 13.8. The predicted molar refractivity (Wildman–Crippen MR) is 68.6 cm³/mol. The first-order valence-corrected chi connectivity index (χ1v) is 7.58. The second-order valence-corrected chi connectivity index (χ2v) is 6.06. The predicted octanol–water partition coefficient (Wildman–Crippen LogP) is 0.794. The molecule has 1 aromatic heterocycles. The molecular weight excluding hydrogens is 254 g/mol. The summed E-state index contributed by atoms with van der Waals surface area (Å²) < 4.78 is 26.1. The number of sulfonamides is 1. The molecule has 0 aliphatic rings. The van der Waals surface area contributed by atoms with Crippen LogP contribution in [0.2, 0.25) is 0 Å². The second-order valence-electron chi connectivity index (χ2n) is 4.33. The summed E-state index contributed by atoms with van der Waals surface area (Å²) in [7, 11) is -3.61. The Bertz CT molecular complexity index is 466. The number of hydrogen-bond donors (Lipinski definition) is 3. The van der Waals surface area contributed by atoms with Gasteiger partial charge in [0, 0.05) is 6.54 Å². The number of nitrogens with one attached hydrogen (secondary N) is 2. The Morgan fingerprint density at radius 3 is 2.50 bits per heavy atom. The van der Waals surface area contributed by atoms with Crippen LogP contribution in [0.1, 0.15) is 32.5 Å². The van der Waals surface area contributed by atoms with Gasteiger partial charge in [-0.2, -0.15) is 0 Å². The van der Waals surface area contributed by atoms with Crippen LogP contribution < -0.4 is 4.72 Å². The molecule has 1 heterocycles. The monoisotopic (exact) mass is 275 g/mol. The summed E-state index contributed by atoms with van der Waals surface area (Å²) in [5.41, 5.74) is 0. The molecule has 104 valence electrons. The van der Waals surface area contributed by atoms with Crippen LogP contribution in [-0.4, -0.2) is 36.1 Å². The van der Waals surface area contributed by atoms with Crippen molar-refractivity contribution < 1.29 is 13.5 Å². The van der Waals surface area contributed by atoms with Gasteiger partial charge in [0.05, 0.1) is 12.3 Å². The van der Waals surface area contributed by atoms with Crippen molar-refractivity contribution in [1.82, 2.24) is 14.7 Å². The molecule has 0 aliphatic heterocycles. The molecule has 1 aromatic rings. The lowest BCUT2D eigenvalue weighted by molar-refractivity contribution is 0.107. The first-order valence-electron chi connectivity index (χ1n) is 6.10. The van der Waals surface area contributed by atoms with Gasteiger partial charge in [-0.15, -0.1) is 0 Å². The van der Waals surface area contributed by atoms with Gasteiger partial charge in [-0.05, 0) is 12.8 Å². The van der Waals surface area contributed by atoms with Gasteiger partial charge < -0.3 is 10.1 Å². The fourth-order valence-corrected chi connectivity index (χ4v) is 2.83. The Labute approximate surface area is 108 Å². The summed E-state index contributed by atoms with van der Waals surface area (Å²) in [6, 6.07) is 0. The molecule has 18 heavy (non-hydrogen) atoms. The van der Waals surface area contributed by atoms with Crippen molar-refractivity contribution in [3.63, 3.8) is 0 Å². The minimum atomic E-state index is -3.61. The largest absolute Gasteiger partial charge is 0.391 e. The van der Waals surface area contributed by atoms with Crippen LogP contribution in [0.4, 0.5) is 0 Å². The number of aromatic nitrogens is 2. The fourth-order valence-electron chi connectivity index (χ4n) is 1.81. The lowest BCUT2D eigenvalue weighted by Crippen LogP contribution is -2.36. The number of imidazole rings is 1. The number of H-pyrrole nitrogens is 1. The minimum Gasteiger partial charge on any atom is -0.391 e. The average molecular weight is 275 g/mol. The van der Waals surface area contributed by atoms with E-state index in [-0.39, 0.29) is 17.5 Å². The lowest BCUT2D eigenvalue weighted by atomic mass is 9.97. The highest BCUT2D eigenvalue weighted by Crippen LogP contribution is 2.13. The smallest absolute Gasteiger partial charge is 0.257 e. The van der Waals surface area contributed by atoms with Crippen LogP contribution in [0.25, 0.3) is 0 Å². The summed E-state index contributed by atoms with van der Waals surface area (Å²) in [5, 5.41) is 9.90. The molecule has 0 bridgehead atoms. The molecule has 3 N–H and O–H groups in total. The van der Waals surface area contributed by atoms with E-state index in [0.29, 0.717) is 5.82 Å². The molecule has 1 unspecified atom stereocenters. The van der Waals surface area contributed by atoms with Crippen LogP contribution in [0.5, 0.6) is 0 Å². The first-order chi connectivity index (χ1) is 8.40. The number of rotatable bonds is 7. The topological polar surface area (TPSA) is 95.1 Å². The van der Waals surface area contributed by atoms with E-state index in [2.05, 4.69) is 14.7 Å². The molecule has 0 radical (unpaired) electrons. The molecule has 6 nitrogen and oxygen atoms in total. The van der Waals surface area contributed by atoms with E-state index in [0.717, 1.165) is 12.8 Å². The van der Waals surface area contributed by atoms with Gasteiger partial charge in [-0.3, -0.25) is 0 Å². The molecule has 0 saturated heterocycles. The first kappa shape index (κ1) is 15.1. The summed E-state index contributed by atoms with van der Waals surface area (Å²) in [5.74, 6) is 0.645. The van der Waals surface area contributed by atoms with Crippen LogP contribution in [0.15, 0.2) is 11.2 Å². The zero-order valence-corrected chi connectivity index (χ0v) is 11.8. The van der Waals surface area contributed by atoms with E-state index < -0.39 is 16.1 Å². The third-order valence-corrected chi connectivity index (χ3v) is 4.38. The van der Waals surface area contributed by atoms with Crippen LogP contribution in [-0.2, 0) is 10.0 Å². The molecule has 0 aliphatic carbocycles. The highest BCUT2D eigenvalue weighted by atomic mass is 32.2. The summed E-state index contributed by atoms with van der Waals surface area (Å²) in [6.45, 7) is 5.65. The Morgan fingerprint density at radius 2 is 2.06 bits per heavy atom. The molecule has 0 spiro atoms. The van der Waals surface area contributed by atoms with Gasteiger partial charge in [0.2, 0.25) is 0 Å². The van der Waals surface area contributed by atoms with Crippen molar-refractivity contribution in [2.45, 2.75) is 44.7 Å². The summed E-state index contributed by atoms with van der Waals surface area (Å²) in [6.07, 6.45) is 2.24. The number of nitrogens with zero attached hydrogens (tertiary/aromatic N) is 1. The van der Waals surface area contributed by atoms with E-state index in [1.807, 2.05) is 13.8 Å². The molecule has 0 saturated carbocycles. The highest BCUT2D eigenvalue weighted by molar-refractivity contribution is 7.89. The number of hydrogen-bond acceptors (Lipinski definition) is 4. The van der Waals surface area contributed by atoms with E-state index in [4.69, 9.17) is 0 Å². The second kappa shape index (κ2) is 6.31. The Morgan fingerprint density at radius 1 is 1.44 bits per heavy atom. The number of aliphatic hydroxyl groups is 1. The van der Waals surface area contributed by atoms with Gasteiger partial charge in [0.25, 0.3) is 10.0 Å². The third-order valence-electron chi connectivity index (χ3n) is 3.04. The maximum Gasteiger partial charge on any atom is 0.257 e. The minimum absolute atomic E-state index is 0.0206. The van der Waals surface area contributed by atoms with Crippen molar-refractivity contribution in [2.75, 3.05) is 6.54 Å². The number of aliphatic hydroxyl groups excluding tert-OH is 1. The average Bonchev–Trinajstić information content (AvgIpc) is 2.76. The summed E-state index contributed by atoms with van der Waals surface area (Å²) in [4.78, 5) is 6.49. The molecule has 7 heteroatoms. The van der Waals surface area contributed by atoms with Crippen LogP contribution in [0, 0.1) is 12.8 Å².